The highest BCUT2D eigenvalue weighted by atomic mass is 32.2. The van der Waals surface area contributed by atoms with Gasteiger partial charge in [-0.2, -0.15) is 0 Å². The Morgan fingerprint density at radius 2 is 2.12 bits per heavy atom. The molecule has 1 rings (SSSR count). The number of aryl methyl sites for hydroxylation is 1. The van der Waals surface area contributed by atoms with E-state index in [-0.39, 0.29) is 11.6 Å². The Hall–Kier alpha value is -1.21. The van der Waals surface area contributed by atoms with Gasteiger partial charge in [0.25, 0.3) is 0 Å². The lowest BCUT2D eigenvalue weighted by atomic mass is 10.2. The maximum atomic E-state index is 11.1. The van der Waals surface area contributed by atoms with E-state index in [0.717, 1.165) is 24.8 Å². The zero-order chi connectivity index (χ0) is 12.2. The number of rotatable bonds is 5. The molecule has 0 radical (unpaired) electrons. The molecule has 0 atom stereocenters. The van der Waals surface area contributed by atoms with Crippen LogP contribution < -0.4 is 11.3 Å². The lowest BCUT2D eigenvalue weighted by Crippen LogP contribution is -2.13. The number of nitrogens with two attached hydrogens (primary N) is 1. The fraction of sp³-hybridized carbons (Fsp3) is 0.556. The molecule has 0 spiro atoms. The number of anilines is 1. The van der Waals surface area contributed by atoms with Gasteiger partial charge in [-0.25, -0.2) is 24.2 Å². The van der Waals surface area contributed by atoms with Crippen LogP contribution in [0.4, 0.5) is 5.82 Å². The van der Waals surface area contributed by atoms with Crippen molar-refractivity contribution in [2.45, 2.75) is 25.5 Å². The van der Waals surface area contributed by atoms with Gasteiger partial charge in [0, 0.05) is 18.0 Å². The fourth-order valence-electron chi connectivity index (χ4n) is 1.31. The highest BCUT2D eigenvalue weighted by molar-refractivity contribution is 7.89. The van der Waals surface area contributed by atoms with Crippen LogP contribution in [0, 0.1) is 0 Å². The Balaban J connectivity index is 3.04. The summed E-state index contributed by atoms with van der Waals surface area (Å²) in [5, 5.41) is 0. The van der Waals surface area contributed by atoms with Gasteiger partial charge in [-0.3, -0.25) is 0 Å². The third kappa shape index (κ3) is 4.11. The van der Waals surface area contributed by atoms with Gasteiger partial charge in [-0.15, -0.1) is 0 Å². The maximum absolute atomic E-state index is 11.1. The summed E-state index contributed by atoms with van der Waals surface area (Å²) in [4.78, 5) is 8.16. The molecular weight excluding hydrogens is 228 g/mol. The van der Waals surface area contributed by atoms with Crippen molar-refractivity contribution in [3.63, 3.8) is 0 Å². The Bertz CT molecular complexity index is 459. The van der Waals surface area contributed by atoms with Crippen LogP contribution in [0.2, 0.25) is 0 Å². The molecule has 1 heterocycles. The van der Waals surface area contributed by atoms with Gasteiger partial charge in [0.15, 0.2) is 9.84 Å². The van der Waals surface area contributed by atoms with E-state index in [0.29, 0.717) is 5.82 Å². The van der Waals surface area contributed by atoms with Gasteiger partial charge < -0.3 is 5.43 Å². The van der Waals surface area contributed by atoms with E-state index in [1.54, 1.807) is 6.07 Å². The third-order valence-electron chi connectivity index (χ3n) is 1.87. The van der Waals surface area contributed by atoms with Crippen LogP contribution in [0.3, 0.4) is 0 Å². The minimum absolute atomic E-state index is 0.167. The highest BCUT2D eigenvalue weighted by Crippen LogP contribution is 2.09. The smallest absolute Gasteiger partial charge is 0.154 e. The predicted molar refractivity (Wildman–Crippen MR) is 62.4 cm³/mol. The first-order chi connectivity index (χ1) is 7.44. The zero-order valence-corrected chi connectivity index (χ0v) is 10.2. The van der Waals surface area contributed by atoms with Gasteiger partial charge >= 0.3 is 0 Å². The van der Waals surface area contributed by atoms with Crippen molar-refractivity contribution in [2.75, 3.05) is 11.7 Å². The first-order valence-electron chi connectivity index (χ1n) is 4.95. The molecule has 0 saturated carbocycles. The zero-order valence-electron chi connectivity index (χ0n) is 9.40. The normalized spacial score (nSPS) is 11.4. The van der Waals surface area contributed by atoms with Gasteiger partial charge in [-0.1, -0.05) is 13.3 Å². The molecule has 6 nitrogen and oxygen atoms in total. The SMILES string of the molecule is CCCc1cc(NN)nc(CS(C)(=O)=O)n1. The number of sulfone groups is 1. The molecule has 0 bridgehead atoms. The molecule has 0 aromatic carbocycles. The van der Waals surface area contributed by atoms with E-state index in [4.69, 9.17) is 5.84 Å². The molecule has 1 aromatic heterocycles. The summed E-state index contributed by atoms with van der Waals surface area (Å²) in [6, 6.07) is 1.72. The molecule has 3 N–H and O–H groups in total. The Morgan fingerprint density at radius 1 is 1.44 bits per heavy atom. The quantitative estimate of drug-likeness (QED) is 0.569. The summed E-state index contributed by atoms with van der Waals surface area (Å²) in [6.45, 7) is 2.02. The first kappa shape index (κ1) is 12.9. The molecule has 0 unspecified atom stereocenters. The maximum Gasteiger partial charge on any atom is 0.154 e. The van der Waals surface area contributed by atoms with Gasteiger partial charge in [0.1, 0.15) is 17.4 Å². The molecule has 0 aliphatic carbocycles. The van der Waals surface area contributed by atoms with Crippen LogP contribution in [0.15, 0.2) is 6.07 Å². The third-order valence-corrected chi connectivity index (χ3v) is 2.65. The van der Waals surface area contributed by atoms with Crippen LogP contribution in [-0.2, 0) is 22.0 Å². The summed E-state index contributed by atoms with van der Waals surface area (Å²) in [5.41, 5.74) is 3.20. The average molecular weight is 244 g/mol. The van der Waals surface area contributed by atoms with E-state index >= 15 is 0 Å². The van der Waals surface area contributed by atoms with Crippen LogP contribution in [0.5, 0.6) is 0 Å². The number of aromatic nitrogens is 2. The monoisotopic (exact) mass is 244 g/mol. The van der Waals surface area contributed by atoms with Gasteiger partial charge in [0.05, 0.1) is 0 Å². The topological polar surface area (TPSA) is 98.0 Å². The van der Waals surface area contributed by atoms with Crippen molar-refractivity contribution in [2.24, 2.45) is 5.84 Å². The Labute approximate surface area is 95.2 Å². The Morgan fingerprint density at radius 3 is 2.62 bits per heavy atom. The lowest BCUT2D eigenvalue weighted by Gasteiger charge is -2.06. The van der Waals surface area contributed by atoms with Crippen molar-refractivity contribution in [3.8, 4) is 0 Å². The summed E-state index contributed by atoms with van der Waals surface area (Å²) < 4.78 is 22.3. The number of hydrazine groups is 1. The average Bonchev–Trinajstić information content (AvgIpc) is 2.15. The molecule has 16 heavy (non-hydrogen) atoms. The molecule has 0 fully saturated rings. The standard InChI is InChI=1S/C9H16N4O2S/c1-3-4-7-5-8(13-10)12-9(11-7)6-16(2,14)15/h5H,3-4,6,10H2,1-2H3,(H,11,12,13). The molecule has 90 valence electrons. The van der Waals surface area contributed by atoms with E-state index in [1.807, 2.05) is 6.92 Å². The number of nitrogen functional groups attached to an aromatic ring is 1. The first-order valence-corrected chi connectivity index (χ1v) is 7.02. The highest BCUT2D eigenvalue weighted by Gasteiger charge is 2.10. The molecule has 0 aliphatic heterocycles. The summed E-state index contributed by atoms with van der Waals surface area (Å²) >= 11 is 0. The van der Waals surface area contributed by atoms with Crippen molar-refractivity contribution in [1.29, 1.82) is 0 Å². The number of hydrogen-bond donors (Lipinski definition) is 2. The van der Waals surface area contributed by atoms with Crippen molar-refractivity contribution < 1.29 is 8.42 Å². The van der Waals surface area contributed by atoms with Gasteiger partial charge in [-0.05, 0) is 6.42 Å². The Kier molecular flexibility index (Phi) is 4.19. The van der Waals surface area contributed by atoms with Crippen molar-refractivity contribution >= 4 is 15.7 Å². The number of nitrogens with zero attached hydrogens (tertiary/aromatic N) is 2. The van der Waals surface area contributed by atoms with Crippen LogP contribution >= 0.6 is 0 Å². The molecule has 0 amide bonds. The van der Waals surface area contributed by atoms with Crippen molar-refractivity contribution in [1.82, 2.24) is 9.97 Å². The van der Waals surface area contributed by atoms with Gasteiger partial charge in [0.2, 0.25) is 0 Å². The second kappa shape index (κ2) is 5.22. The molecule has 0 saturated heterocycles. The van der Waals surface area contributed by atoms with E-state index < -0.39 is 9.84 Å². The minimum Gasteiger partial charge on any atom is -0.308 e. The van der Waals surface area contributed by atoms with Crippen LogP contribution in [0.25, 0.3) is 0 Å². The van der Waals surface area contributed by atoms with Crippen LogP contribution in [-0.4, -0.2) is 24.6 Å². The summed E-state index contributed by atoms with van der Waals surface area (Å²) in [5.74, 6) is 5.81. The molecular formula is C9H16N4O2S. The number of nitrogens with one attached hydrogen (secondary N) is 1. The van der Waals surface area contributed by atoms with E-state index in [2.05, 4.69) is 15.4 Å². The molecule has 1 aromatic rings. The van der Waals surface area contributed by atoms with E-state index in [1.165, 1.54) is 0 Å². The van der Waals surface area contributed by atoms with E-state index in [9.17, 15) is 8.42 Å². The lowest BCUT2D eigenvalue weighted by molar-refractivity contribution is 0.599. The second-order valence-electron chi connectivity index (χ2n) is 3.63. The van der Waals surface area contributed by atoms with Crippen LogP contribution in [0.1, 0.15) is 24.9 Å². The molecule has 7 heteroatoms. The van der Waals surface area contributed by atoms with Crippen molar-refractivity contribution in [3.05, 3.63) is 17.6 Å². The minimum atomic E-state index is -3.13. The second-order valence-corrected chi connectivity index (χ2v) is 5.77. The summed E-state index contributed by atoms with van der Waals surface area (Å²) in [6.07, 6.45) is 2.85. The molecule has 0 aliphatic rings. The fourth-order valence-corrected chi connectivity index (χ4v) is 1.91. The largest absolute Gasteiger partial charge is 0.308 e. The number of hydrogen-bond acceptors (Lipinski definition) is 6. The summed E-state index contributed by atoms with van der Waals surface area (Å²) in [7, 11) is -3.13. The predicted octanol–water partition coefficient (Wildman–Crippen LogP) is 0.259.